The minimum Gasteiger partial charge on any atom is -0.307 e. The molecule has 0 bridgehead atoms. The van der Waals surface area contributed by atoms with Gasteiger partial charge in [0, 0.05) is 11.1 Å². The Labute approximate surface area is 83.4 Å². The average Bonchev–Trinajstić information content (AvgIpc) is 2.52. The number of amides is 1. The quantitative estimate of drug-likeness (QED) is 0.721. The Morgan fingerprint density at radius 2 is 2.43 bits per heavy atom. The normalized spacial score (nSPS) is 11.5. The van der Waals surface area contributed by atoms with Crippen LogP contribution < -0.4 is 5.32 Å². The summed E-state index contributed by atoms with van der Waals surface area (Å²) in [6.45, 7) is 5.68. The van der Waals surface area contributed by atoms with Crippen molar-refractivity contribution in [2.45, 2.75) is 27.2 Å². The van der Waals surface area contributed by atoms with E-state index in [1.54, 1.807) is 13.1 Å². The van der Waals surface area contributed by atoms with Crippen molar-refractivity contribution in [1.29, 1.82) is 0 Å². The first-order valence-corrected chi connectivity index (χ1v) is 4.63. The van der Waals surface area contributed by atoms with Crippen LogP contribution in [0.4, 0.5) is 5.82 Å². The Bertz CT molecular complexity index is 352. The molecule has 0 saturated heterocycles. The first-order valence-electron chi connectivity index (χ1n) is 4.63. The maximum atomic E-state index is 11.5. The second-order valence-electron chi connectivity index (χ2n) is 3.18. The fourth-order valence-corrected chi connectivity index (χ4v) is 1.08. The minimum absolute atomic E-state index is 0.0841. The summed E-state index contributed by atoms with van der Waals surface area (Å²) in [4.78, 5) is 11.5. The van der Waals surface area contributed by atoms with Gasteiger partial charge in [-0.3, -0.25) is 9.89 Å². The van der Waals surface area contributed by atoms with E-state index in [9.17, 15) is 4.79 Å². The van der Waals surface area contributed by atoms with Gasteiger partial charge in [0.1, 0.15) is 5.82 Å². The number of nitrogens with zero attached hydrogens (tertiary/aromatic N) is 1. The van der Waals surface area contributed by atoms with Crippen LogP contribution in [0, 0.1) is 6.92 Å². The Morgan fingerprint density at radius 3 is 2.93 bits per heavy atom. The molecule has 1 amide bonds. The number of H-pyrrole nitrogens is 1. The fourth-order valence-electron chi connectivity index (χ4n) is 1.08. The molecule has 76 valence electrons. The molecule has 0 unspecified atom stereocenters. The van der Waals surface area contributed by atoms with Crippen LogP contribution in [0.3, 0.4) is 0 Å². The van der Waals surface area contributed by atoms with E-state index in [2.05, 4.69) is 15.5 Å². The Kier molecular flexibility index (Phi) is 3.45. The summed E-state index contributed by atoms with van der Waals surface area (Å²) in [7, 11) is 0. The van der Waals surface area contributed by atoms with E-state index in [0.717, 1.165) is 17.6 Å². The predicted molar refractivity (Wildman–Crippen MR) is 56.0 cm³/mol. The lowest BCUT2D eigenvalue weighted by Crippen LogP contribution is -2.13. The molecule has 14 heavy (non-hydrogen) atoms. The standard InChI is InChI=1S/C10H15N3O/c1-4-5-7(2)10(14)12-9-8(3)6-11-13-9/h5-6H,4H2,1-3H3,(H2,11,12,13,14)/b7-5-. The van der Waals surface area contributed by atoms with Gasteiger partial charge in [-0.15, -0.1) is 0 Å². The van der Waals surface area contributed by atoms with E-state index >= 15 is 0 Å². The number of aryl methyl sites for hydroxylation is 1. The number of allylic oxidation sites excluding steroid dienone is 1. The SMILES string of the molecule is CC/C=C(/C)C(=O)Nc1[nH]ncc1C. The van der Waals surface area contributed by atoms with Crippen LogP contribution >= 0.6 is 0 Å². The number of aromatic amines is 1. The average molecular weight is 193 g/mol. The van der Waals surface area contributed by atoms with Crippen LogP contribution in [0.5, 0.6) is 0 Å². The minimum atomic E-state index is -0.0841. The van der Waals surface area contributed by atoms with Crippen LogP contribution in [0.15, 0.2) is 17.8 Å². The third-order valence-electron chi connectivity index (χ3n) is 1.94. The van der Waals surface area contributed by atoms with Gasteiger partial charge < -0.3 is 5.32 Å². The largest absolute Gasteiger partial charge is 0.307 e. The van der Waals surface area contributed by atoms with Crippen molar-refractivity contribution in [1.82, 2.24) is 10.2 Å². The van der Waals surface area contributed by atoms with Gasteiger partial charge in [-0.1, -0.05) is 13.0 Å². The monoisotopic (exact) mass is 193 g/mol. The molecule has 0 fully saturated rings. The molecule has 0 saturated carbocycles. The van der Waals surface area contributed by atoms with Crippen molar-refractivity contribution >= 4 is 11.7 Å². The van der Waals surface area contributed by atoms with E-state index in [4.69, 9.17) is 0 Å². The highest BCUT2D eigenvalue weighted by atomic mass is 16.1. The van der Waals surface area contributed by atoms with Crippen molar-refractivity contribution in [2.75, 3.05) is 5.32 Å². The van der Waals surface area contributed by atoms with Crippen molar-refractivity contribution in [3.8, 4) is 0 Å². The molecule has 0 aliphatic carbocycles. The molecule has 1 aromatic rings. The number of hydrogen-bond acceptors (Lipinski definition) is 2. The number of anilines is 1. The topological polar surface area (TPSA) is 57.8 Å². The zero-order chi connectivity index (χ0) is 10.6. The first-order chi connectivity index (χ1) is 6.65. The smallest absolute Gasteiger partial charge is 0.252 e. The van der Waals surface area contributed by atoms with E-state index < -0.39 is 0 Å². The summed E-state index contributed by atoms with van der Waals surface area (Å²) in [5.41, 5.74) is 1.66. The zero-order valence-corrected chi connectivity index (χ0v) is 8.72. The lowest BCUT2D eigenvalue weighted by atomic mass is 10.2. The molecule has 0 spiro atoms. The molecule has 4 nitrogen and oxygen atoms in total. The number of aromatic nitrogens is 2. The van der Waals surface area contributed by atoms with Gasteiger partial charge in [0.05, 0.1) is 6.20 Å². The third kappa shape index (κ3) is 2.45. The van der Waals surface area contributed by atoms with E-state index in [0.29, 0.717) is 5.82 Å². The molecule has 0 atom stereocenters. The van der Waals surface area contributed by atoms with Crippen LogP contribution in [0.2, 0.25) is 0 Å². The van der Waals surface area contributed by atoms with Gasteiger partial charge in [-0.05, 0) is 20.3 Å². The van der Waals surface area contributed by atoms with Gasteiger partial charge >= 0.3 is 0 Å². The first kappa shape index (κ1) is 10.5. The highest BCUT2D eigenvalue weighted by Gasteiger charge is 2.06. The number of carbonyl (C=O) groups excluding carboxylic acids is 1. The maximum absolute atomic E-state index is 11.5. The molecule has 0 aromatic carbocycles. The number of carbonyl (C=O) groups is 1. The van der Waals surface area contributed by atoms with Crippen molar-refractivity contribution in [2.24, 2.45) is 0 Å². The Morgan fingerprint density at radius 1 is 1.71 bits per heavy atom. The van der Waals surface area contributed by atoms with Crippen LogP contribution in [0.25, 0.3) is 0 Å². The van der Waals surface area contributed by atoms with Gasteiger partial charge in [0.25, 0.3) is 5.91 Å². The molecule has 4 heteroatoms. The lowest BCUT2D eigenvalue weighted by molar-refractivity contribution is -0.112. The summed E-state index contributed by atoms with van der Waals surface area (Å²) < 4.78 is 0. The highest BCUT2D eigenvalue weighted by molar-refractivity contribution is 6.02. The summed E-state index contributed by atoms with van der Waals surface area (Å²) in [6, 6.07) is 0. The van der Waals surface area contributed by atoms with Crippen LogP contribution in [-0.4, -0.2) is 16.1 Å². The second kappa shape index (κ2) is 4.60. The van der Waals surface area contributed by atoms with Gasteiger partial charge in [0.2, 0.25) is 0 Å². The van der Waals surface area contributed by atoms with Crippen molar-refractivity contribution in [3.05, 3.63) is 23.4 Å². The van der Waals surface area contributed by atoms with Crippen molar-refractivity contribution < 1.29 is 4.79 Å². The van der Waals surface area contributed by atoms with Gasteiger partial charge in [-0.2, -0.15) is 5.10 Å². The molecular weight excluding hydrogens is 178 g/mol. The molecule has 1 aromatic heterocycles. The zero-order valence-electron chi connectivity index (χ0n) is 8.72. The molecular formula is C10H15N3O. The van der Waals surface area contributed by atoms with E-state index in [1.165, 1.54) is 0 Å². The molecule has 1 heterocycles. The van der Waals surface area contributed by atoms with Gasteiger partial charge in [0.15, 0.2) is 0 Å². The summed E-state index contributed by atoms with van der Waals surface area (Å²) in [6.07, 6.45) is 4.43. The number of nitrogens with one attached hydrogen (secondary N) is 2. The molecule has 1 rings (SSSR count). The number of rotatable bonds is 3. The summed E-state index contributed by atoms with van der Waals surface area (Å²) in [5, 5.41) is 9.29. The Hall–Kier alpha value is -1.58. The molecule has 0 aliphatic rings. The van der Waals surface area contributed by atoms with Crippen LogP contribution in [-0.2, 0) is 4.79 Å². The maximum Gasteiger partial charge on any atom is 0.252 e. The predicted octanol–water partition coefficient (Wildman–Crippen LogP) is 2.01. The molecule has 0 radical (unpaired) electrons. The summed E-state index contributed by atoms with van der Waals surface area (Å²) >= 11 is 0. The Balaban J connectivity index is 2.67. The van der Waals surface area contributed by atoms with E-state index in [1.807, 2.05) is 19.9 Å². The summed E-state index contributed by atoms with van der Waals surface area (Å²) in [5.74, 6) is 0.582. The van der Waals surface area contributed by atoms with Crippen molar-refractivity contribution in [3.63, 3.8) is 0 Å². The lowest BCUT2D eigenvalue weighted by Gasteiger charge is -2.03. The highest BCUT2D eigenvalue weighted by Crippen LogP contribution is 2.09. The fraction of sp³-hybridized carbons (Fsp3) is 0.400. The number of hydrogen-bond donors (Lipinski definition) is 2. The molecule has 2 N–H and O–H groups in total. The third-order valence-corrected chi connectivity index (χ3v) is 1.94. The van der Waals surface area contributed by atoms with Crippen LogP contribution in [0.1, 0.15) is 25.8 Å². The van der Waals surface area contributed by atoms with Gasteiger partial charge in [-0.25, -0.2) is 0 Å². The molecule has 0 aliphatic heterocycles. The second-order valence-corrected chi connectivity index (χ2v) is 3.18. The van der Waals surface area contributed by atoms with E-state index in [-0.39, 0.29) is 5.91 Å².